The highest BCUT2D eigenvalue weighted by atomic mass is 16.7. The molecule has 0 aliphatic rings. The monoisotopic (exact) mass is 392 g/mol. The normalized spacial score (nSPS) is 12.6. The zero-order valence-electron chi connectivity index (χ0n) is 17.5. The van der Waals surface area contributed by atoms with Crippen LogP contribution in [0.25, 0.3) is 0 Å². The molecule has 0 fully saturated rings. The molecular weight excluding hydrogens is 360 g/mol. The van der Waals surface area contributed by atoms with E-state index in [1.54, 1.807) is 20.8 Å². The van der Waals surface area contributed by atoms with E-state index < -0.39 is 17.9 Å². The van der Waals surface area contributed by atoms with Gasteiger partial charge in [-0.1, -0.05) is 44.7 Å². The van der Waals surface area contributed by atoms with Crippen LogP contribution < -0.4 is 0 Å². The molecule has 0 aromatic heterocycles. The van der Waals surface area contributed by atoms with E-state index in [1.165, 1.54) is 5.56 Å². The Bertz CT molecular complexity index is 633. The number of Topliss-reactive ketones (excluding diaryl/α,β-unsaturated/α-hetero) is 1. The molecule has 1 aromatic rings. The molecule has 0 aliphatic carbocycles. The summed E-state index contributed by atoms with van der Waals surface area (Å²) < 4.78 is 21.4. The first-order valence-electron chi connectivity index (χ1n) is 9.48. The van der Waals surface area contributed by atoms with E-state index in [-0.39, 0.29) is 19.0 Å². The minimum Gasteiger partial charge on any atom is -0.460 e. The summed E-state index contributed by atoms with van der Waals surface area (Å²) in [5.41, 5.74) is 0.781. The van der Waals surface area contributed by atoms with Crippen LogP contribution in [0.15, 0.2) is 36.9 Å². The summed E-state index contributed by atoms with van der Waals surface area (Å²) in [4.78, 5) is 23.6. The molecule has 0 amide bonds. The standard InChI is InChI=1S/C22H32O6/c1-7-20(23)27-15-13-25-12-14-26-17(4)28-22(5,6)21(24)19-10-8-18(9-11-19)16(2)3/h7-11,16-17H,1,12-15H2,2-6H3. The minimum atomic E-state index is -1.02. The van der Waals surface area contributed by atoms with Crippen molar-refractivity contribution in [3.8, 4) is 0 Å². The Morgan fingerprint density at radius 2 is 1.64 bits per heavy atom. The number of rotatable bonds is 13. The van der Waals surface area contributed by atoms with Gasteiger partial charge in [0, 0.05) is 11.6 Å². The first-order chi connectivity index (χ1) is 13.2. The van der Waals surface area contributed by atoms with Gasteiger partial charge in [-0.2, -0.15) is 0 Å². The lowest BCUT2D eigenvalue weighted by Crippen LogP contribution is -2.39. The highest BCUT2D eigenvalue weighted by Gasteiger charge is 2.31. The zero-order chi connectivity index (χ0) is 21.2. The Labute approximate surface area is 167 Å². The van der Waals surface area contributed by atoms with Gasteiger partial charge in [0.05, 0.1) is 19.8 Å². The van der Waals surface area contributed by atoms with E-state index in [4.69, 9.17) is 18.9 Å². The van der Waals surface area contributed by atoms with Gasteiger partial charge >= 0.3 is 5.97 Å². The van der Waals surface area contributed by atoms with Crippen LogP contribution >= 0.6 is 0 Å². The van der Waals surface area contributed by atoms with Crippen LogP contribution in [-0.4, -0.2) is 50.1 Å². The van der Waals surface area contributed by atoms with Gasteiger partial charge in [-0.15, -0.1) is 0 Å². The van der Waals surface area contributed by atoms with Crippen molar-refractivity contribution in [1.82, 2.24) is 0 Å². The van der Waals surface area contributed by atoms with Crippen LogP contribution in [0.4, 0.5) is 0 Å². The van der Waals surface area contributed by atoms with Gasteiger partial charge in [0.2, 0.25) is 0 Å². The van der Waals surface area contributed by atoms with Gasteiger partial charge in [-0.25, -0.2) is 4.79 Å². The van der Waals surface area contributed by atoms with E-state index in [2.05, 4.69) is 20.4 Å². The van der Waals surface area contributed by atoms with Crippen molar-refractivity contribution >= 4 is 11.8 Å². The lowest BCUT2D eigenvalue weighted by atomic mass is 9.94. The second kappa shape index (κ2) is 11.7. The van der Waals surface area contributed by atoms with E-state index in [0.29, 0.717) is 24.7 Å². The Morgan fingerprint density at radius 3 is 2.21 bits per heavy atom. The van der Waals surface area contributed by atoms with Crippen molar-refractivity contribution in [2.75, 3.05) is 26.4 Å². The number of ether oxygens (including phenoxy) is 4. The summed E-state index contributed by atoms with van der Waals surface area (Å²) in [6, 6.07) is 7.61. The van der Waals surface area contributed by atoms with Crippen LogP contribution in [0.1, 0.15) is 56.5 Å². The molecule has 0 heterocycles. The van der Waals surface area contributed by atoms with Crippen LogP contribution in [-0.2, 0) is 23.7 Å². The second-order valence-corrected chi connectivity index (χ2v) is 7.16. The van der Waals surface area contributed by atoms with E-state index in [1.807, 2.05) is 24.3 Å². The first-order valence-corrected chi connectivity index (χ1v) is 9.48. The van der Waals surface area contributed by atoms with Gasteiger partial charge in [0.15, 0.2) is 12.1 Å². The average molecular weight is 392 g/mol. The number of hydrogen-bond acceptors (Lipinski definition) is 6. The number of hydrogen-bond donors (Lipinski definition) is 0. The maximum Gasteiger partial charge on any atom is 0.330 e. The van der Waals surface area contributed by atoms with Crippen molar-refractivity contribution in [3.63, 3.8) is 0 Å². The first kappa shape index (κ1) is 24.0. The summed E-state index contributed by atoms with van der Waals surface area (Å²) in [5, 5.41) is 0. The quantitative estimate of drug-likeness (QED) is 0.167. The summed E-state index contributed by atoms with van der Waals surface area (Å²) in [6.45, 7) is 13.8. The third-order valence-electron chi connectivity index (χ3n) is 4.07. The summed E-state index contributed by atoms with van der Waals surface area (Å²) in [7, 11) is 0. The molecule has 1 rings (SSSR count). The third-order valence-corrected chi connectivity index (χ3v) is 4.07. The Morgan fingerprint density at radius 1 is 1.04 bits per heavy atom. The number of benzene rings is 1. The zero-order valence-corrected chi connectivity index (χ0v) is 17.5. The predicted molar refractivity (Wildman–Crippen MR) is 107 cm³/mol. The molecule has 0 spiro atoms. The molecule has 156 valence electrons. The minimum absolute atomic E-state index is 0.0986. The summed E-state index contributed by atoms with van der Waals surface area (Å²) >= 11 is 0. The average Bonchev–Trinajstić information content (AvgIpc) is 2.65. The smallest absolute Gasteiger partial charge is 0.330 e. The lowest BCUT2D eigenvalue weighted by Gasteiger charge is -2.28. The molecule has 1 atom stereocenters. The Balaban J connectivity index is 2.36. The van der Waals surface area contributed by atoms with Crippen LogP contribution in [0.3, 0.4) is 0 Å². The van der Waals surface area contributed by atoms with Gasteiger partial charge in [-0.3, -0.25) is 4.79 Å². The molecule has 0 radical (unpaired) electrons. The van der Waals surface area contributed by atoms with Gasteiger partial charge in [0.25, 0.3) is 0 Å². The van der Waals surface area contributed by atoms with Gasteiger partial charge in [-0.05, 0) is 32.3 Å². The molecule has 1 aromatic carbocycles. The predicted octanol–water partition coefficient (Wildman–Crippen LogP) is 3.90. The maximum atomic E-state index is 12.8. The molecule has 0 saturated carbocycles. The fourth-order valence-electron chi connectivity index (χ4n) is 2.50. The number of esters is 1. The topological polar surface area (TPSA) is 71.1 Å². The third kappa shape index (κ3) is 8.33. The number of ketones is 1. The van der Waals surface area contributed by atoms with Crippen LogP contribution in [0.2, 0.25) is 0 Å². The van der Waals surface area contributed by atoms with Crippen LogP contribution in [0.5, 0.6) is 0 Å². The Kier molecular flexibility index (Phi) is 10.1. The van der Waals surface area contributed by atoms with Crippen molar-refractivity contribution < 1.29 is 28.5 Å². The molecule has 6 heteroatoms. The van der Waals surface area contributed by atoms with Gasteiger partial charge < -0.3 is 18.9 Å². The highest BCUT2D eigenvalue weighted by Crippen LogP contribution is 2.22. The van der Waals surface area contributed by atoms with Crippen molar-refractivity contribution in [2.24, 2.45) is 0 Å². The molecule has 1 unspecified atom stereocenters. The maximum absolute atomic E-state index is 12.8. The summed E-state index contributed by atoms with van der Waals surface area (Å²) in [6.07, 6.45) is 0.528. The molecule has 0 N–H and O–H groups in total. The van der Waals surface area contributed by atoms with E-state index >= 15 is 0 Å². The molecule has 0 saturated heterocycles. The molecule has 0 aliphatic heterocycles. The highest BCUT2D eigenvalue weighted by molar-refractivity contribution is 6.02. The van der Waals surface area contributed by atoms with E-state index in [0.717, 1.165) is 6.08 Å². The van der Waals surface area contributed by atoms with Crippen molar-refractivity contribution in [2.45, 2.75) is 52.4 Å². The molecular formula is C22H32O6. The molecule has 6 nitrogen and oxygen atoms in total. The Hall–Kier alpha value is -2.02. The molecule has 28 heavy (non-hydrogen) atoms. The molecule has 0 bridgehead atoms. The summed E-state index contributed by atoms with van der Waals surface area (Å²) in [5.74, 6) is -0.163. The lowest BCUT2D eigenvalue weighted by molar-refractivity contribution is -0.180. The number of carbonyl (C=O) groups excluding carboxylic acids is 2. The van der Waals surface area contributed by atoms with Crippen LogP contribution in [0, 0.1) is 0 Å². The fraction of sp³-hybridized carbons (Fsp3) is 0.545. The van der Waals surface area contributed by atoms with E-state index in [9.17, 15) is 9.59 Å². The van der Waals surface area contributed by atoms with Gasteiger partial charge in [0.1, 0.15) is 12.2 Å². The largest absolute Gasteiger partial charge is 0.460 e. The van der Waals surface area contributed by atoms with Crippen molar-refractivity contribution in [1.29, 1.82) is 0 Å². The fourth-order valence-corrected chi connectivity index (χ4v) is 2.50. The SMILES string of the molecule is C=CC(=O)OCCOCCOC(C)OC(C)(C)C(=O)c1ccc(C(C)C)cc1. The van der Waals surface area contributed by atoms with Crippen molar-refractivity contribution in [3.05, 3.63) is 48.0 Å². The number of carbonyl (C=O) groups is 2. The second-order valence-electron chi connectivity index (χ2n) is 7.16.